The van der Waals surface area contributed by atoms with Gasteiger partial charge in [0.25, 0.3) is 5.69 Å². The maximum absolute atomic E-state index is 13.1. The minimum atomic E-state index is -0.475. The molecular weight excluding hydrogens is 355 g/mol. The Morgan fingerprint density at radius 3 is 2.85 bits per heavy atom. The molecule has 0 saturated heterocycles. The van der Waals surface area contributed by atoms with Crippen LogP contribution in [0.1, 0.15) is 5.89 Å². The fourth-order valence-corrected chi connectivity index (χ4v) is 2.38. The van der Waals surface area contributed by atoms with Crippen LogP contribution in [0.15, 0.2) is 53.1 Å². The Morgan fingerprint density at radius 2 is 2.07 bits per heavy atom. The van der Waals surface area contributed by atoms with Crippen LogP contribution in [-0.4, -0.2) is 40.2 Å². The number of halogens is 1. The molecule has 0 aliphatic carbocycles. The van der Waals surface area contributed by atoms with Gasteiger partial charge in [0.2, 0.25) is 11.7 Å². The molecule has 0 aliphatic rings. The van der Waals surface area contributed by atoms with Crippen LogP contribution in [0.25, 0.3) is 11.4 Å². The highest BCUT2D eigenvalue weighted by molar-refractivity contribution is 5.58. The Morgan fingerprint density at radius 1 is 1.26 bits per heavy atom. The Balaban J connectivity index is 1.54. The predicted molar refractivity (Wildman–Crippen MR) is 94.6 cm³/mol. The molecule has 27 heavy (non-hydrogen) atoms. The minimum absolute atomic E-state index is 0.0366. The third-order valence-electron chi connectivity index (χ3n) is 3.73. The summed E-state index contributed by atoms with van der Waals surface area (Å²) in [5.41, 5.74) is 0.474. The monoisotopic (exact) mass is 372 g/mol. The molecule has 1 heterocycles. The third-order valence-corrected chi connectivity index (χ3v) is 3.73. The van der Waals surface area contributed by atoms with E-state index in [4.69, 9.17) is 9.26 Å². The van der Waals surface area contributed by atoms with E-state index < -0.39 is 4.92 Å². The van der Waals surface area contributed by atoms with E-state index >= 15 is 0 Å². The number of rotatable bonds is 8. The fourth-order valence-electron chi connectivity index (χ4n) is 2.38. The molecule has 0 N–H and O–H groups in total. The first-order valence-electron chi connectivity index (χ1n) is 8.15. The zero-order valence-electron chi connectivity index (χ0n) is 14.5. The van der Waals surface area contributed by atoms with Crippen LogP contribution in [0.2, 0.25) is 0 Å². The van der Waals surface area contributed by atoms with Crippen LogP contribution < -0.4 is 4.74 Å². The van der Waals surface area contributed by atoms with E-state index in [1.807, 2.05) is 11.9 Å². The van der Waals surface area contributed by atoms with E-state index in [0.717, 1.165) is 0 Å². The summed E-state index contributed by atoms with van der Waals surface area (Å²) in [7, 11) is 1.85. The number of aromatic nitrogens is 2. The highest BCUT2D eigenvalue weighted by Gasteiger charge is 2.13. The second kappa shape index (κ2) is 8.37. The van der Waals surface area contributed by atoms with Gasteiger partial charge in [-0.3, -0.25) is 15.0 Å². The summed E-state index contributed by atoms with van der Waals surface area (Å²) >= 11 is 0. The Kier molecular flexibility index (Phi) is 5.72. The molecule has 9 heteroatoms. The average Bonchev–Trinajstić information content (AvgIpc) is 3.10. The first-order valence-corrected chi connectivity index (χ1v) is 8.15. The molecule has 0 bridgehead atoms. The molecule has 3 aromatic rings. The first-order chi connectivity index (χ1) is 13.0. The van der Waals surface area contributed by atoms with Crippen molar-refractivity contribution in [2.24, 2.45) is 0 Å². The van der Waals surface area contributed by atoms with Gasteiger partial charge >= 0.3 is 0 Å². The molecule has 0 fully saturated rings. The van der Waals surface area contributed by atoms with Crippen molar-refractivity contribution in [2.75, 3.05) is 20.2 Å². The fraction of sp³-hybridized carbons (Fsp3) is 0.222. The Labute approximate surface area is 154 Å². The van der Waals surface area contributed by atoms with E-state index in [9.17, 15) is 14.5 Å². The van der Waals surface area contributed by atoms with Crippen molar-refractivity contribution in [1.82, 2.24) is 15.0 Å². The number of non-ortho nitro benzene ring substituents is 1. The molecular formula is C18H17FN4O4. The highest BCUT2D eigenvalue weighted by atomic mass is 19.1. The van der Waals surface area contributed by atoms with Gasteiger partial charge in [0.1, 0.15) is 18.2 Å². The molecule has 2 aromatic carbocycles. The van der Waals surface area contributed by atoms with E-state index in [1.165, 1.54) is 24.3 Å². The van der Waals surface area contributed by atoms with Crippen molar-refractivity contribution >= 4 is 5.69 Å². The van der Waals surface area contributed by atoms with Crippen molar-refractivity contribution in [3.05, 3.63) is 70.4 Å². The molecule has 140 valence electrons. The standard InChI is InChI=1S/C18H17FN4O4/c1-22(8-9-26-16-7-3-5-14(19)11-16)12-17-20-18(21-27-17)13-4-2-6-15(10-13)23(24)25/h2-7,10-11H,8-9,12H2,1H3. The van der Waals surface area contributed by atoms with Crippen molar-refractivity contribution < 1.29 is 18.6 Å². The minimum Gasteiger partial charge on any atom is -0.492 e. The summed E-state index contributed by atoms with van der Waals surface area (Å²) in [4.78, 5) is 16.6. The van der Waals surface area contributed by atoms with Crippen LogP contribution >= 0.6 is 0 Å². The van der Waals surface area contributed by atoms with Gasteiger partial charge in [-0.1, -0.05) is 23.4 Å². The number of likely N-dealkylation sites (N-methyl/N-ethyl adjacent to an activating group) is 1. The molecule has 0 spiro atoms. The number of hydrogen-bond donors (Lipinski definition) is 0. The second-order valence-corrected chi connectivity index (χ2v) is 5.86. The van der Waals surface area contributed by atoms with Gasteiger partial charge in [-0.2, -0.15) is 4.98 Å². The number of ether oxygens (including phenoxy) is 1. The summed E-state index contributed by atoms with van der Waals surface area (Å²) in [6.45, 7) is 1.31. The number of nitro benzene ring substituents is 1. The molecule has 3 rings (SSSR count). The van der Waals surface area contributed by atoms with Gasteiger partial charge in [-0.05, 0) is 19.2 Å². The molecule has 0 atom stereocenters. The third kappa shape index (κ3) is 5.08. The number of hydrogen-bond acceptors (Lipinski definition) is 7. The summed E-state index contributed by atoms with van der Waals surface area (Å²) < 4.78 is 23.8. The zero-order chi connectivity index (χ0) is 19.2. The molecule has 0 saturated carbocycles. The maximum Gasteiger partial charge on any atom is 0.270 e. The lowest BCUT2D eigenvalue weighted by atomic mass is 10.2. The SMILES string of the molecule is CN(CCOc1cccc(F)c1)Cc1nc(-c2cccc([N+](=O)[O-])c2)no1. The van der Waals surface area contributed by atoms with E-state index in [1.54, 1.807) is 24.3 Å². The lowest BCUT2D eigenvalue weighted by molar-refractivity contribution is -0.384. The molecule has 0 amide bonds. The summed E-state index contributed by atoms with van der Waals surface area (Å²) in [6.07, 6.45) is 0. The van der Waals surface area contributed by atoms with Crippen LogP contribution in [0.4, 0.5) is 10.1 Å². The maximum atomic E-state index is 13.1. The molecule has 0 radical (unpaired) electrons. The van der Waals surface area contributed by atoms with Gasteiger partial charge in [0, 0.05) is 30.3 Å². The number of nitro groups is 1. The van der Waals surface area contributed by atoms with Crippen molar-refractivity contribution in [3.63, 3.8) is 0 Å². The lowest BCUT2D eigenvalue weighted by Gasteiger charge is -2.14. The summed E-state index contributed by atoms with van der Waals surface area (Å²) in [5.74, 6) is 0.789. The molecule has 1 aromatic heterocycles. The highest BCUT2D eigenvalue weighted by Crippen LogP contribution is 2.21. The van der Waals surface area contributed by atoms with Crippen molar-refractivity contribution in [2.45, 2.75) is 6.54 Å². The predicted octanol–water partition coefficient (Wildman–Crippen LogP) is 3.29. The van der Waals surface area contributed by atoms with Gasteiger partial charge < -0.3 is 9.26 Å². The van der Waals surface area contributed by atoms with E-state index in [2.05, 4.69) is 10.1 Å². The number of nitrogens with zero attached hydrogens (tertiary/aromatic N) is 4. The van der Waals surface area contributed by atoms with Gasteiger partial charge in [-0.25, -0.2) is 4.39 Å². The van der Waals surface area contributed by atoms with Crippen LogP contribution in [0.3, 0.4) is 0 Å². The van der Waals surface area contributed by atoms with Crippen LogP contribution in [-0.2, 0) is 6.54 Å². The molecule has 0 aliphatic heterocycles. The Bertz CT molecular complexity index is 931. The first kappa shape index (κ1) is 18.5. The smallest absolute Gasteiger partial charge is 0.270 e. The van der Waals surface area contributed by atoms with Gasteiger partial charge in [0.05, 0.1) is 11.5 Å². The largest absolute Gasteiger partial charge is 0.492 e. The van der Waals surface area contributed by atoms with Crippen LogP contribution in [0, 0.1) is 15.9 Å². The zero-order valence-corrected chi connectivity index (χ0v) is 14.5. The summed E-state index contributed by atoms with van der Waals surface area (Å²) in [6, 6.07) is 12.0. The van der Waals surface area contributed by atoms with E-state index in [-0.39, 0.29) is 17.3 Å². The Hall–Kier alpha value is -3.33. The second-order valence-electron chi connectivity index (χ2n) is 5.86. The average molecular weight is 372 g/mol. The molecule has 0 unspecified atom stereocenters. The number of benzene rings is 2. The molecule has 8 nitrogen and oxygen atoms in total. The lowest BCUT2D eigenvalue weighted by Crippen LogP contribution is -2.24. The van der Waals surface area contributed by atoms with E-state index in [0.29, 0.717) is 36.9 Å². The topological polar surface area (TPSA) is 94.5 Å². The van der Waals surface area contributed by atoms with Crippen molar-refractivity contribution in [3.8, 4) is 17.1 Å². The summed E-state index contributed by atoms with van der Waals surface area (Å²) in [5, 5.41) is 14.7. The quantitative estimate of drug-likeness (QED) is 0.442. The van der Waals surface area contributed by atoms with Crippen molar-refractivity contribution in [1.29, 1.82) is 0 Å². The van der Waals surface area contributed by atoms with Gasteiger partial charge in [0.15, 0.2) is 0 Å². The van der Waals surface area contributed by atoms with Crippen LogP contribution in [0.5, 0.6) is 5.75 Å². The van der Waals surface area contributed by atoms with Gasteiger partial charge in [-0.15, -0.1) is 0 Å². The normalized spacial score (nSPS) is 10.9.